The van der Waals surface area contributed by atoms with Crippen LogP contribution in [0.1, 0.15) is 43.9 Å². The van der Waals surface area contributed by atoms with Crippen molar-refractivity contribution < 1.29 is 4.79 Å². The molecular formula is C15H21N5OS. The van der Waals surface area contributed by atoms with Gasteiger partial charge in [-0.3, -0.25) is 4.79 Å². The third-order valence-electron chi connectivity index (χ3n) is 2.85. The number of amides is 1. The van der Waals surface area contributed by atoms with Crippen LogP contribution in [0.4, 0.5) is 0 Å². The summed E-state index contributed by atoms with van der Waals surface area (Å²) in [6.07, 6.45) is 3.32. The molecular weight excluding hydrogens is 298 g/mol. The summed E-state index contributed by atoms with van der Waals surface area (Å²) < 4.78 is 1.95. The quantitative estimate of drug-likeness (QED) is 0.857. The molecule has 6 nitrogen and oxygen atoms in total. The minimum atomic E-state index is -0.135. The summed E-state index contributed by atoms with van der Waals surface area (Å²) in [5, 5.41) is 11.6. The van der Waals surface area contributed by atoms with E-state index in [1.165, 1.54) is 0 Å². The second-order valence-corrected chi connectivity index (χ2v) is 7.66. The highest BCUT2D eigenvalue weighted by Gasteiger charge is 2.15. The lowest BCUT2D eigenvalue weighted by Gasteiger charge is -2.16. The van der Waals surface area contributed by atoms with E-state index in [2.05, 4.69) is 41.3 Å². The summed E-state index contributed by atoms with van der Waals surface area (Å²) in [5.41, 5.74) is 0.601. The topological polar surface area (TPSA) is 72.7 Å². The lowest BCUT2D eigenvalue weighted by molar-refractivity contribution is 0.0949. The molecule has 0 saturated carbocycles. The average molecular weight is 319 g/mol. The summed E-state index contributed by atoms with van der Waals surface area (Å²) in [4.78, 5) is 16.6. The molecule has 2 rings (SSSR count). The largest absolute Gasteiger partial charge is 0.345 e. The maximum Gasteiger partial charge on any atom is 0.251 e. The number of pyridine rings is 1. The Hall–Kier alpha value is -1.89. The highest BCUT2D eigenvalue weighted by Crippen LogP contribution is 2.30. The SMILES string of the molecule is CCn1cnnc1CNC(=O)c1ccnc(SC(C)(C)C)c1. The Morgan fingerprint density at radius 3 is 2.86 bits per heavy atom. The van der Waals surface area contributed by atoms with Crippen LogP contribution >= 0.6 is 11.8 Å². The Bertz CT molecular complexity index is 647. The van der Waals surface area contributed by atoms with E-state index in [0.29, 0.717) is 12.1 Å². The van der Waals surface area contributed by atoms with Crippen molar-refractivity contribution in [3.05, 3.63) is 36.0 Å². The molecule has 0 aliphatic rings. The number of carbonyl (C=O) groups excluding carboxylic acids is 1. The molecule has 0 radical (unpaired) electrons. The zero-order chi connectivity index (χ0) is 16.2. The number of aromatic nitrogens is 4. The molecule has 0 bridgehead atoms. The fraction of sp³-hybridized carbons (Fsp3) is 0.467. The molecule has 0 aromatic carbocycles. The van der Waals surface area contributed by atoms with E-state index in [4.69, 9.17) is 0 Å². The summed E-state index contributed by atoms with van der Waals surface area (Å²) in [7, 11) is 0. The van der Waals surface area contributed by atoms with Crippen LogP contribution in [0, 0.1) is 0 Å². The van der Waals surface area contributed by atoms with Crippen LogP contribution in [-0.4, -0.2) is 30.4 Å². The van der Waals surface area contributed by atoms with Crippen molar-refractivity contribution in [1.82, 2.24) is 25.1 Å². The number of hydrogen-bond acceptors (Lipinski definition) is 5. The molecule has 118 valence electrons. The van der Waals surface area contributed by atoms with Gasteiger partial charge in [-0.15, -0.1) is 22.0 Å². The smallest absolute Gasteiger partial charge is 0.251 e. The number of thioether (sulfide) groups is 1. The molecule has 0 aliphatic carbocycles. The minimum Gasteiger partial charge on any atom is -0.345 e. The van der Waals surface area contributed by atoms with Crippen molar-refractivity contribution in [1.29, 1.82) is 0 Å². The molecule has 2 aromatic heterocycles. The number of rotatable bonds is 5. The van der Waals surface area contributed by atoms with Crippen molar-refractivity contribution in [3.63, 3.8) is 0 Å². The van der Waals surface area contributed by atoms with Crippen molar-refractivity contribution in [2.45, 2.75) is 50.6 Å². The molecule has 1 amide bonds. The third kappa shape index (κ3) is 4.56. The molecule has 2 heterocycles. The van der Waals surface area contributed by atoms with Gasteiger partial charge in [0.05, 0.1) is 11.6 Å². The van der Waals surface area contributed by atoms with Crippen LogP contribution in [0.15, 0.2) is 29.7 Å². The monoisotopic (exact) mass is 319 g/mol. The van der Waals surface area contributed by atoms with E-state index >= 15 is 0 Å². The zero-order valence-electron chi connectivity index (χ0n) is 13.3. The van der Waals surface area contributed by atoms with Gasteiger partial charge in [0, 0.05) is 23.1 Å². The van der Waals surface area contributed by atoms with Gasteiger partial charge in [0.2, 0.25) is 0 Å². The highest BCUT2D eigenvalue weighted by atomic mass is 32.2. The molecule has 0 saturated heterocycles. The molecule has 22 heavy (non-hydrogen) atoms. The lowest BCUT2D eigenvalue weighted by Crippen LogP contribution is -2.24. The van der Waals surface area contributed by atoms with E-state index in [9.17, 15) is 4.79 Å². The maximum absolute atomic E-state index is 12.3. The van der Waals surface area contributed by atoms with Gasteiger partial charge in [-0.05, 0) is 19.1 Å². The number of nitrogens with zero attached hydrogens (tertiary/aromatic N) is 4. The van der Waals surface area contributed by atoms with Crippen LogP contribution in [0.5, 0.6) is 0 Å². The normalized spacial score (nSPS) is 11.5. The predicted octanol–water partition coefficient (Wildman–Crippen LogP) is 2.51. The number of hydrogen-bond donors (Lipinski definition) is 1. The van der Waals surface area contributed by atoms with Crippen molar-refractivity contribution in [2.24, 2.45) is 0 Å². The Balaban J connectivity index is 2.02. The molecule has 0 unspecified atom stereocenters. The molecule has 2 aromatic rings. The Labute approximate surface area is 134 Å². The van der Waals surface area contributed by atoms with Gasteiger partial charge in [0.15, 0.2) is 5.82 Å². The fourth-order valence-corrected chi connectivity index (χ4v) is 2.79. The van der Waals surface area contributed by atoms with Gasteiger partial charge >= 0.3 is 0 Å². The van der Waals surface area contributed by atoms with Crippen LogP contribution < -0.4 is 5.32 Å². The van der Waals surface area contributed by atoms with Crippen molar-refractivity contribution in [2.75, 3.05) is 0 Å². The fourth-order valence-electron chi connectivity index (χ4n) is 1.86. The summed E-state index contributed by atoms with van der Waals surface area (Å²) in [5.74, 6) is 0.609. The Morgan fingerprint density at radius 1 is 1.41 bits per heavy atom. The number of nitrogens with one attached hydrogen (secondary N) is 1. The standard InChI is InChI=1S/C15H21N5OS/c1-5-20-10-18-19-12(20)9-17-14(21)11-6-7-16-13(8-11)22-15(2,3)4/h6-8,10H,5,9H2,1-4H3,(H,17,21). The van der Waals surface area contributed by atoms with Gasteiger partial charge in [-0.1, -0.05) is 20.8 Å². The van der Waals surface area contributed by atoms with Gasteiger partial charge in [0.1, 0.15) is 6.33 Å². The van der Waals surface area contributed by atoms with Crippen LogP contribution in [0.2, 0.25) is 0 Å². The van der Waals surface area contributed by atoms with Crippen LogP contribution in [-0.2, 0) is 13.1 Å². The molecule has 0 spiro atoms. The van der Waals surface area contributed by atoms with E-state index < -0.39 is 0 Å². The van der Waals surface area contributed by atoms with Crippen LogP contribution in [0.25, 0.3) is 0 Å². The van der Waals surface area contributed by atoms with Crippen LogP contribution in [0.3, 0.4) is 0 Å². The molecule has 1 N–H and O–H groups in total. The van der Waals surface area contributed by atoms with E-state index in [1.54, 1.807) is 30.4 Å². The first-order valence-corrected chi connectivity index (χ1v) is 8.00. The Morgan fingerprint density at radius 2 is 2.18 bits per heavy atom. The Kier molecular flexibility index (Phi) is 5.18. The highest BCUT2D eigenvalue weighted by molar-refractivity contribution is 8.00. The van der Waals surface area contributed by atoms with E-state index in [-0.39, 0.29) is 10.7 Å². The predicted molar refractivity (Wildman–Crippen MR) is 86.7 cm³/mol. The summed E-state index contributed by atoms with van der Waals surface area (Å²) >= 11 is 1.64. The summed E-state index contributed by atoms with van der Waals surface area (Å²) in [6.45, 7) is 9.49. The first kappa shape index (κ1) is 16.5. The second kappa shape index (κ2) is 6.91. The van der Waals surface area contributed by atoms with Gasteiger partial charge in [-0.2, -0.15) is 0 Å². The van der Waals surface area contributed by atoms with Gasteiger partial charge < -0.3 is 9.88 Å². The van der Waals surface area contributed by atoms with E-state index in [1.807, 2.05) is 17.6 Å². The minimum absolute atomic E-state index is 0.0552. The first-order valence-electron chi connectivity index (χ1n) is 7.19. The third-order valence-corrected chi connectivity index (χ3v) is 3.90. The lowest BCUT2D eigenvalue weighted by atomic mass is 10.2. The molecule has 0 fully saturated rings. The van der Waals surface area contributed by atoms with E-state index in [0.717, 1.165) is 17.4 Å². The first-order chi connectivity index (χ1) is 10.4. The number of aryl methyl sites for hydroxylation is 1. The molecule has 0 atom stereocenters. The van der Waals surface area contributed by atoms with Crippen molar-refractivity contribution in [3.8, 4) is 0 Å². The van der Waals surface area contributed by atoms with Gasteiger partial charge in [0.25, 0.3) is 5.91 Å². The molecule has 0 aliphatic heterocycles. The maximum atomic E-state index is 12.3. The zero-order valence-corrected chi connectivity index (χ0v) is 14.1. The van der Waals surface area contributed by atoms with Gasteiger partial charge in [-0.25, -0.2) is 4.98 Å². The van der Waals surface area contributed by atoms with Crippen molar-refractivity contribution >= 4 is 17.7 Å². The molecule has 7 heteroatoms. The average Bonchev–Trinajstić information content (AvgIpc) is 2.90. The number of carbonyl (C=O) groups is 1. The second-order valence-electron chi connectivity index (χ2n) is 5.81. The summed E-state index contributed by atoms with van der Waals surface area (Å²) in [6, 6.07) is 3.53.